The van der Waals surface area contributed by atoms with Crippen LogP contribution in [-0.4, -0.2) is 34.6 Å². The number of aliphatic carboxylic acids is 1. The van der Waals surface area contributed by atoms with E-state index < -0.39 is 30.8 Å². The minimum Gasteiger partial charge on any atom is -0.481 e. The second-order valence-corrected chi connectivity index (χ2v) is 1.98. The smallest absolute Gasteiger partial charge is 0.481 e. The van der Waals surface area contributed by atoms with E-state index in [0.29, 0.717) is 0 Å². The Labute approximate surface area is 69.7 Å². The Morgan fingerprint density at radius 2 is 1.85 bits per heavy atom. The van der Waals surface area contributed by atoms with Gasteiger partial charge in [-0.3, -0.25) is 4.79 Å². The fourth-order valence-electron chi connectivity index (χ4n) is 0.431. The molecule has 13 heavy (non-hydrogen) atoms. The first-order chi connectivity index (χ1) is 5.72. The van der Waals surface area contributed by atoms with Crippen LogP contribution in [0.3, 0.4) is 0 Å². The van der Waals surface area contributed by atoms with Crippen molar-refractivity contribution in [3.63, 3.8) is 0 Å². The average Bonchev–Trinajstić information content (AvgIpc) is 1.81. The predicted octanol–water partition coefficient (Wildman–Crippen LogP) is -0.115. The van der Waals surface area contributed by atoms with Crippen molar-refractivity contribution in [3.05, 3.63) is 0 Å². The molecule has 0 spiro atoms. The summed E-state index contributed by atoms with van der Waals surface area (Å²) >= 11 is 0. The van der Waals surface area contributed by atoms with Gasteiger partial charge in [-0.2, -0.15) is 0 Å². The lowest BCUT2D eigenvalue weighted by Gasteiger charge is -2.09. The van der Waals surface area contributed by atoms with Crippen molar-refractivity contribution in [1.29, 1.82) is 0 Å². The molecule has 0 aromatic carbocycles. The number of ether oxygens (including phenoxy) is 1. The molecule has 0 aromatic rings. The summed E-state index contributed by atoms with van der Waals surface area (Å²) in [6.07, 6.45) is -8.65. The zero-order valence-electron chi connectivity index (χ0n) is 6.04. The minimum atomic E-state index is -5.21. The molecule has 0 rings (SSSR count). The van der Waals surface area contributed by atoms with Crippen LogP contribution in [-0.2, 0) is 14.3 Å². The molecule has 2 N–H and O–H groups in total. The maximum absolute atomic E-state index is 11.3. The fourth-order valence-corrected chi connectivity index (χ4v) is 0.431. The van der Waals surface area contributed by atoms with Gasteiger partial charge in [-0.1, -0.05) is 0 Å². The van der Waals surface area contributed by atoms with Gasteiger partial charge in [0.1, 0.15) is 0 Å². The van der Waals surface area contributed by atoms with Crippen LogP contribution in [0.25, 0.3) is 0 Å². The van der Waals surface area contributed by atoms with Gasteiger partial charge in [0.05, 0.1) is 6.42 Å². The normalized spacial score (nSPS) is 13.5. The summed E-state index contributed by atoms with van der Waals surface area (Å²) in [5, 5.41) is 16.5. The SMILES string of the molecule is O=C(O)CC(O)C(=O)OC(F)(F)F. The van der Waals surface area contributed by atoms with Crippen molar-refractivity contribution in [2.24, 2.45) is 0 Å². The Balaban J connectivity index is 4.05. The minimum absolute atomic E-state index is 1.13. The van der Waals surface area contributed by atoms with Gasteiger partial charge in [-0.05, 0) is 0 Å². The lowest BCUT2D eigenvalue weighted by atomic mass is 10.2. The Hall–Kier alpha value is -1.31. The molecular formula is C5H5F3O5. The van der Waals surface area contributed by atoms with Crippen molar-refractivity contribution in [2.45, 2.75) is 18.9 Å². The first-order valence-corrected chi connectivity index (χ1v) is 2.92. The molecule has 0 aliphatic rings. The highest BCUT2D eigenvalue weighted by Crippen LogP contribution is 2.17. The van der Waals surface area contributed by atoms with E-state index in [1.165, 1.54) is 0 Å². The summed E-state index contributed by atoms with van der Waals surface area (Å²) in [7, 11) is 0. The van der Waals surface area contributed by atoms with Gasteiger partial charge < -0.3 is 14.9 Å². The molecule has 0 bridgehead atoms. The Bertz CT molecular complexity index is 211. The van der Waals surface area contributed by atoms with E-state index in [1.54, 1.807) is 0 Å². The molecular weight excluding hydrogens is 197 g/mol. The molecule has 1 unspecified atom stereocenters. The van der Waals surface area contributed by atoms with Crippen LogP contribution in [0.1, 0.15) is 6.42 Å². The lowest BCUT2D eigenvalue weighted by molar-refractivity contribution is -0.309. The molecule has 0 aromatic heterocycles. The van der Waals surface area contributed by atoms with E-state index in [2.05, 4.69) is 4.74 Å². The number of rotatable bonds is 3. The molecule has 76 valence electrons. The summed E-state index contributed by atoms with van der Waals surface area (Å²) in [5.74, 6) is -3.64. The number of carboxylic acid groups (broad SMARTS) is 1. The van der Waals surface area contributed by atoms with E-state index in [1.807, 2.05) is 0 Å². The van der Waals surface area contributed by atoms with E-state index in [0.717, 1.165) is 0 Å². The monoisotopic (exact) mass is 202 g/mol. The third-order valence-electron chi connectivity index (χ3n) is 0.856. The third-order valence-corrected chi connectivity index (χ3v) is 0.856. The standard InChI is InChI=1S/C5H5F3O5/c6-5(7,8)13-4(12)2(9)1-3(10)11/h2,9H,1H2,(H,10,11). The van der Waals surface area contributed by atoms with Crippen LogP contribution in [0.4, 0.5) is 13.2 Å². The third kappa shape index (κ3) is 5.91. The highest BCUT2D eigenvalue weighted by atomic mass is 19.4. The molecule has 0 saturated carbocycles. The van der Waals surface area contributed by atoms with E-state index in [-0.39, 0.29) is 0 Å². The summed E-state index contributed by atoms with van der Waals surface area (Å²) in [5.41, 5.74) is 0. The zero-order chi connectivity index (χ0) is 10.6. The van der Waals surface area contributed by atoms with Crippen LogP contribution in [0, 0.1) is 0 Å². The van der Waals surface area contributed by atoms with Crippen LogP contribution in [0.5, 0.6) is 0 Å². The van der Waals surface area contributed by atoms with Crippen LogP contribution >= 0.6 is 0 Å². The van der Waals surface area contributed by atoms with E-state index in [4.69, 9.17) is 10.2 Å². The van der Waals surface area contributed by atoms with E-state index in [9.17, 15) is 22.8 Å². The number of carbonyl (C=O) groups is 2. The Morgan fingerprint density at radius 1 is 1.38 bits per heavy atom. The molecule has 0 saturated heterocycles. The molecule has 0 aliphatic heterocycles. The summed E-state index contributed by atoms with van der Waals surface area (Å²) in [6, 6.07) is 0. The molecule has 0 heterocycles. The van der Waals surface area contributed by atoms with Gasteiger partial charge >= 0.3 is 18.3 Å². The first kappa shape index (κ1) is 11.7. The summed E-state index contributed by atoms with van der Waals surface area (Å²) in [6.45, 7) is 0. The van der Waals surface area contributed by atoms with Crippen molar-refractivity contribution < 1.29 is 37.7 Å². The Kier molecular flexibility index (Phi) is 3.67. The Morgan fingerprint density at radius 3 is 2.15 bits per heavy atom. The van der Waals surface area contributed by atoms with Crippen molar-refractivity contribution in [1.82, 2.24) is 0 Å². The molecule has 0 fully saturated rings. The second-order valence-electron chi connectivity index (χ2n) is 1.98. The van der Waals surface area contributed by atoms with E-state index >= 15 is 0 Å². The molecule has 0 aliphatic carbocycles. The summed E-state index contributed by atoms with van der Waals surface area (Å²) in [4.78, 5) is 20.1. The topological polar surface area (TPSA) is 83.8 Å². The highest BCUT2D eigenvalue weighted by Gasteiger charge is 2.36. The fraction of sp³-hybridized carbons (Fsp3) is 0.600. The molecule has 8 heteroatoms. The zero-order valence-corrected chi connectivity index (χ0v) is 6.04. The van der Waals surface area contributed by atoms with Crippen LogP contribution in [0.2, 0.25) is 0 Å². The quantitative estimate of drug-likeness (QED) is 0.623. The highest BCUT2D eigenvalue weighted by molar-refractivity contribution is 5.80. The van der Waals surface area contributed by atoms with Gasteiger partial charge in [0, 0.05) is 0 Å². The number of aliphatic hydroxyl groups is 1. The first-order valence-electron chi connectivity index (χ1n) is 2.92. The lowest BCUT2D eigenvalue weighted by Crippen LogP contribution is -2.31. The van der Waals surface area contributed by atoms with Crippen molar-refractivity contribution in [2.75, 3.05) is 0 Å². The number of esters is 1. The number of carboxylic acids is 1. The number of alkyl halides is 3. The largest absolute Gasteiger partial charge is 0.575 e. The number of hydrogen-bond donors (Lipinski definition) is 2. The number of carbonyl (C=O) groups excluding carboxylic acids is 1. The number of hydrogen-bond acceptors (Lipinski definition) is 4. The average molecular weight is 202 g/mol. The van der Waals surface area contributed by atoms with Crippen LogP contribution in [0.15, 0.2) is 0 Å². The van der Waals surface area contributed by atoms with Gasteiger partial charge in [0.2, 0.25) is 0 Å². The second kappa shape index (κ2) is 4.08. The molecule has 5 nitrogen and oxygen atoms in total. The van der Waals surface area contributed by atoms with Crippen molar-refractivity contribution in [3.8, 4) is 0 Å². The number of halogens is 3. The van der Waals surface area contributed by atoms with Gasteiger partial charge in [0.15, 0.2) is 6.10 Å². The maximum Gasteiger partial charge on any atom is 0.575 e. The van der Waals surface area contributed by atoms with Gasteiger partial charge in [-0.15, -0.1) is 13.2 Å². The number of aliphatic hydroxyl groups excluding tert-OH is 1. The predicted molar refractivity (Wildman–Crippen MR) is 30.4 cm³/mol. The molecule has 0 radical (unpaired) electrons. The van der Waals surface area contributed by atoms with Gasteiger partial charge in [-0.25, -0.2) is 4.79 Å². The van der Waals surface area contributed by atoms with Crippen molar-refractivity contribution >= 4 is 11.9 Å². The van der Waals surface area contributed by atoms with Gasteiger partial charge in [0.25, 0.3) is 0 Å². The van der Waals surface area contributed by atoms with Crippen LogP contribution < -0.4 is 0 Å². The molecule has 1 atom stereocenters. The molecule has 0 amide bonds. The maximum atomic E-state index is 11.3. The summed E-state index contributed by atoms with van der Waals surface area (Å²) < 4.78 is 36.7.